The Hall–Kier alpha value is -0.240. The Bertz CT molecular complexity index is 187. The van der Waals surface area contributed by atoms with Gasteiger partial charge in [-0.3, -0.25) is 4.79 Å². The van der Waals surface area contributed by atoms with E-state index < -0.39 is 0 Å². The van der Waals surface area contributed by atoms with Crippen LogP contribution in [0.25, 0.3) is 0 Å². The number of hydrogen-bond acceptors (Lipinski definition) is 1. The molecule has 76 valence electrons. The molecule has 0 bridgehead atoms. The van der Waals surface area contributed by atoms with E-state index >= 15 is 0 Å². The number of carbonyl (C=O) groups is 1. The molecule has 1 aliphatic rings. The molecule has 1 aliphatic carbocycles. The lowest BCUT2D eigenvalue weighted by Gasteiger charge is -2.28. The van der Waals surface area contributed by atoms with Gasteiger partial charge in [0.15, 0.2) is 0 Å². The summed E-state index contributed by atoms with van der Waals surface area (Å²) < 4.78 is 0. The fourth-order valence-corrected chi connectivity index (χ4v) is 2.31. The molecule has 2 nitrogen and oxygen atoms in total. The first-order valence-corrected chi connectivity index (χ1v) is 5.45. The van der Waals surface area contributed by atoms with Crippen molar-refractivity contribution in [1.29, 1.82) is 0 Å². The number of halogens is 1. The molecule has 0 heterocycles. The molecule has 0 N–H and O–H groups in total. The van der Waals surface area contributed by atoms with Crippen LogP contribution in [-0.4, -0.2) is 30.3 Å². The first-order valence-electron chi connectivity index (χ1n) is 4.92. The van der Waals surface area contributed by atoms with Crippen LogP contribution in [0.2, 0.25) is 0 Å². The first-order chi connectivity index (χ1) is 6.10. The number of carbonyl (C=O) groups excluding carboxylic acids is 1. The predicted octanol–water partition coefficient (Wildman–Crippen LogP) is 2.26. The molecule has 1 fully saturated rings. The normalized spacial score (nSPS) is 20.2. The molecule has 1 rings (SSSR count). The summed E-state index contributed by atoms with van der Waals surface area (Å²) in [7, 11) is 1.84. The monoisotopic (exact) mass is 203 g/mol. The summed E-state index contributed by atoms with van der Waals surface area (Å²) in [6.45, 7) is 2.74. The Morgan fingerprint density at radius 3 is 2.46 bits per heavy atom. The van der Waals surface area contributed by atoms with E-state index in [2.05, 4.69) is 6.92 Å². The largest absolute Gasteiger partial charge is 0.344 e. The molecule has 0 atom stereocenters. The number of alkyl halides is 1. The SMILES string of the molecule is CN(CCCl)C(=O)C1(C)CCCC1. The van der Waals surface area contributed by atoms with Crippen molar-refractivity contribution in [2.24, 2.45) is 5.41 Å². The summed E-state index contributed by atoms with van der Waals surface area (Å²) in [5.41, 5.74) is -0.0964. The van der Waals surface area contributed by atoms with Gasteiger partial charge in [0.05, 0.1) is 0 Å². The third-order valence-electron chi connectivity index (χ3n) is 2.99. The van der Waals surface area contributed by atoms with E-state index in [4.69, 9.17) is 11.6 Å². The van der Waals surface area contributed by atoms with E-state index in [1.807, 2.05) is 7.05 Å². The van der Waals surface area contributed by atoms with Gasteiger partial charge in [-0.25, -0.2) is 0 Å². The van der Waals surface area contributed by atoms with Crippen LogP contribution >= 0.6 is 11.6 Å². The molecule has 0 unspecified atom stereocenters. The van der Waals surface area contributed by atoms with Crippen molar-refractivity contribution in [2.75, 3.05) is 19.5 Å². The Labute approximate surface area is 85.2 Å². The van der Waals surface area contributed by atoms with Crippen LogP contribution in [0.5, 0.6) is 0 Å². The average Bonchev–Trinajstić information content (AvgIpc) is 2.52. The van der Waals surface area contributed by atoms with Crippen LogP contribution in [-0.2, 0) is 4.79 Å². The second-order valence-electron chi connectivity index (χ2n) is 4.18. The van der Waals surface area contributed by atoms with E-state index in [-0.39, 0.29) is 11.3 Å². The van der Waals surface area contributed by atoms with Gasteiger partial charge >= 0.3 is 0 Å². The second-order valence-corrected chi connectivity index (χ2v) is 4.56. The maximum Gasteiger partial charge on any atom is 0.228 e. The van der Waals surface area contributed by atoms with Gasteiger partial charge in [0.2, 0.25) is 5.91 Å². The van der Waals surface area contributed by atoms with Crippen molar-refractivity contribution in [3.8, 4) is 0 Å². The molecule has 0 saturated heterocycles. The van der Waals surface area contributed by atoms with E-state index in [1.54, 1.807) is 4.90 Å². The second kappa shape index (κ2) is 4.32. The van der Waals surface area contributed by atoms with Crippen LogP contribution in [0, 0.1) is 5.41 Å². The molecule has 1 amide bonds. The third-order valence-corrected chi connectivity index (χ3v) is 3.16. The van der Waals surface area contributed by atoms with Crippen LogP contribution in [0.15, 0.2) is 0 Å². The maximum atomic E-state index is 11.9. The summed E-state index contributed by atoms with van der Waals surface area (Å²) in [5, 5.41) is 0. The smallest absolute Gasteiger partial charge is 0.228 e. The maximum absolute atomic E-state index is 11.9. The van der Waals surface area contributed by atoms with E-state index in [9.17, 15) is 4.79 Å². The van der Waals surface area contributed by atoms with Crippen molar-refractivity contribution in [3.05, 3.63) is 0 Å². The van der Waals surface area contributed by atoms with Gasteiger partial charge in [0.25, 0.3) is 0 Å². The minimum atomic E-state index is -0.0964. The lowest BCUT2D eigenvalue weighted by atomic mass is 9.87. The molecule has 0 aromatic heterocycles. The standard InChI is InChI=1S/C10H18ClNO/c1-10(5-3-4-6-10)9(13)12(2)8-7-11/h3-8H2,1-2H3. The van der Waals surface area contributed by atoms with Crippen molar-refractivity contribution >= 4 is 17.5 Å². The predicted molar refractivity (Wildman–Crippen MR) is 54.9 cm³/mol. The molecule has 0 spiro atoms. The molecule has 0 aromatic rings. The fraction of sp³-hybridized carbons (Fsp3) is 0.900. The van der Waals surface area contributed by atoms with E-state index in [0.717, 1.165) is 12.8 Å². The Morgan fingerprint density at radius 1 is 1.46 bits per heavy atom. The van der Waals surface area contributed by atoms with Crippen molar-refractivity contribution in [3.63, 3.8) is 0 Å². The molecular weight excluding hydrogens is 186 g/mol. The van der Waals surface area contributed by atoms with Gasteiger partial charge in [0.1, 0.15) is 0 Å². The van der Waals surface area contributed by atoms with Crippen molar-refractivity contribution in [2.45, 2.75) is 32.6 Å². The zero-order valence-electron chi connectivity index (χ0n) is 8.48. The minimum absolute atomic E-state index is 0.0964. The van der Waals surface area contributed by atoms with Gasteiger partial charge in [-0.2, -0.15) is 0 Å². The Morgan fingerprint density at radius 2 is 2.00 bits per heavy atom. The highest BCUT2D eigenvalue weighted by Gasteiger charge is 2.37. The highest BCUT2D eigenvalue weighted by molar-refractivity contribution is 6.18. The highest BCUT2D eigenvalue weighted by Crippen LogP contribution is 2.38. The Kier molecular flexibility index (Phi) is 3.60. The van der Waals surface area contributed by atoms with Crippen LogP contribution in [0.4, 0.5) is 0 Å². The minimum Gasteiger partial charge on any atom is -0.344 e. The summed E-state index contributed by atoms with van der Waals surface area (Å²) in [6.07, 6.45) is 4.46. The quantitative estimate of drug-likeness (QED) is 0.645. The summed E-state index contributed by atoms with van der Waals surface area (Å²) in [5.74, 6) is 0.795. The van der Waals surface area contributed by atoms with Crippen molar-refractivity contribution < 1.29 is 4.79 Å². The molecule has 1 saturated carbocycles. The Balaban J connectivity index is 2.54. The highest BCUT2D eigenvalue weighted by atomic mass is 35.5. The van der Waals surface area contributed by atoms with Gasteiger partial charge in [-0.1, -0.05) is 19.8 Å². The van der Waals surface area contributed by atoms with Gasteiger partial charge in [-0.05, 0) is 12.8 Å². The van der Waals surface area contributed by atoms with Crippen LogP contribution < -0.4 is 0 Å². The molecular formula is C10H18ClNO. The van der Waals surface area contributed by atoms with E-state index in [1.165, 1.54) is 12.8 Å². The molecule has 0 aliphatic heterocycles. The number of nitrogens with zero attached hydrogens (tertiary/aromatic N) is 1. The lowest BCUT2D eigenvalue weighted by molar-refractivity contribution is -0.139. The summed E-state index contributed by atoms with van der Waals surface area (Å²) in [4.78, 5) is 13.7. The number of hydrogen-bond donors (Lipinski definition) is 0. The first kappa shape index (κ1) is 10.8. The molecule has 3 heteroatoms. The summed E-state index contributed by atoms with van der Waals surface area (Å²) >= 11 is 5.60. The molecule has 0 radical (unpaired) electrons. The molecule has 0 aromatic carbocycles. The number of amides is 1. The topological polar surface area (TPSA) is 20.3 Å². The summed E-state index contributed by atoms with van der Waals surface area (Å²) in [6, 6.07) is 0. The zero-order valence-corrected chi connectivity index (χ0v) is 9.23. The number of rotatable bonds is 3. The lowest BCUT2D eigenvalue weighted by Crippen LogP contribution is -2.39. The van der Waals surface area contributed by atoms with E-state index in [0.29, 0.717) is 12.4 Å². The van der Waals surface area contributed by atoms with Crippen molar-refractivity contribution in [1.82, 2.24) is 4.90 Å². The van der Waals surface area contributed by atoms with Gasteiger partial charge < -0.3 is 4.90 Å². The fourth-order valence-electron chi connectivity index (χ4n) is 2.06. The third kappa shape index (κ3) is 2.37. The average molecular weight is 204 g/mol. The van der Waals surface area contributed by atoms with Crippen LogP contribution in [0.1, 0.15) is 32.6 Å². The molecule has 13 heavy (non-hydrogen) atoms. The van der Waals surface area contributed by atoms with Gasteiger partial charge in [-0.15, -0.1) is 11.6 Å². The van der Waals surface area contributed by atoms with Crippen LogP contribution in [0.3, 0.4) is 0 Å². The zero-order chi connectivity index (χ0) is 9.90. The van der Waals surface area contributed by atoms with Gasteiger partial charge in [0, 0.05) is 24.9 Å².